The van der Waals surface area contributed by atoms with Crippen molar-refractivity contribution in [3.63, 3.8) is 0 Å². The van der Waals surface area contributed by atoms with Gasteiger partial charge in [0.2, 0.25) is 5.91 Å². The highest BCUT2D eigenvalue weighted by Crippen LogP contribution is 2.20. The van der Waals surface area contributed by atoms with Gasteiger partial charge in [0.15, 0.2) is 0 Å². The van der Waals surface area contributed by atoms with E-state index in [2.05, 4.69) is 10.5 Å². The molecule has 0 unspecified atom stereocenters. The molecule has 0 aliphatic rings. The number of rotatable bonds is 7. The van der Waals surface area contributed by atoms with Crippen LogP contribution in [-0.2, 0) is 16.0 Å². The van der Waals surface area contributed by atoms with Gasteiger partial charge in [-0.1, -0.05) is 28.9 Å². The molecule has 24 heavy (non-hydrogen) atoms. The van der Waals surface area contributed by atoms with Gasteiger partial charge in [0.25, 0.3) is 0 Å². The lowest BCUT2D eigenvalue weighted by Gasteiger charge is -2.17. The summed E-state index contributed by atoms with van der Waals surface area (Å²) >= 11 is 5.85. The minimum Gasteiger partial charge on any atom is -0.481 e. The summed E-state index contributed by atoms with van der Waals surface area (Å²) in [5.41, 5.74) is 2.37. The fourth-order valence-corrected chi connectivity index (χ4v) is 2.61. The minimum absolute atomic E-state index is 0.196. The number of benzene rings is 1. The minimum atomic E-state index is -0.985. The van der Waals surface area contributed by atoms with E-state index in [1.807, 2.05) is 6.92 Å². The molecule has 2 N–H and O–H groups in total. The Morgan fingerprint density at radius 1 is 1.29 bits per heavy atom. The molecule has 0 radical (unpaired) electrons. The number of nitrogens with zero attached hydrogens (tertiary/aromatic N) is 1. The molecule has 0 spiro atoms. The second-order valence-corrected chi connectivity index (χ2v) is 6.01. The Labute approximate surface area is 144 Å². The maximum atomic E-state index is 12.2. The van der Waals surface area contributed by atoms with Crippen LogP contribution in [0.15, 0.2) is 28.8 Å². The predicted octanol–water partition coefficient (Wildman–Crippen LogP) is 3.21. The molecule has 1 amide bonds. The van der Waals surface area contributed by atoms with Crippen molar-refractivity contribution < 1.29 is 19.2 Å². The lowest BCUT2D eigenvalue weighted by Crippen LogP contribution is -2.30. The number of aromatic nitrogens is 1. The van der Waals surface area contributed by atoms with Crippen LogP contribution in [0.25, 0.3) is 0 Å². The molecular formula is C17H19ClN2O4. The maximum Gasteiger partial charge on any atom is 0.305 e. The van der Waals surface area contributed by atoms with E-state index < -0.39 is 12.0 Å². The van der Waals surface area contributed by atoms with Crippen molar-refractivity contribution in [3.05, 3.63) is 51.9 Å². The first kappa shape index (κ1) is 18.0. The van der Waals surface area contributed by atoms with E-state index in [9.17, 15) is 9.59 Å². The third-order valence-electron chi connectivity index (χ3n) is 3.77. The second kappa shape index (κ2) is 7.97. The molecule has 0 aliphatic carbocycles. The number of carboxylic acid groups (broad SMARTS) is 1. The quantitative estimate of drug-likeness (QED) is 0.799. The molecule has 1 heterocycles. The van der Waals surface area contributed by atoms with Gasteiger partial charge in [0.05, 0.1) is 18.2 Å². The summed E-state index contributed by atoms with van der Waals surface area (Å²) in [5, 5.41) is 16.2. The fourth-order valence-electron chi connectivity index (χ4n) is 2.49. The third-order valence-corrected chi connectivity index (χ3v) is 4.02. The molecular weight excluding hydrogens is 332 g/mol. The van der Waals surface area contributed by atoms with Crippen molar-refractivity contribution in [2.24, 2.45) is 0 Å². The first-order valence-electron chi connectivity index (χ1n) is 7.55. The molecule has 1 aromatic heterocycles. The van der Waals surface area contributed by atoms with Gasteiger partial charge in [0.1, 0.15) is 5.76 Å². The number of aliphatic carboxylic acids is 1. The van der Waals surface area contributed by atoms with Crippen LogP contribution in [0, 0.1) is 13.8 Å². The molecule has 6 nitrogen and oxygen atoms in total. The number of carbonyl (C=O) groups excluding carboxylic acids is 1. The summed E-state index contributed by atoms with van der Waals surface area (Å²) in [6.07, 6.45) is 0.526. The van der Waals surface area contributed by atoms with Crippen LogP contribution in [0.1, 0.15) is 41.5 Å². The lowest BCUT2D eigenvalue weighted by molar-refractivity contribution is -0.137. The normalized spacial score (nSPS) is 12.0. The van der Waals surface area contributed by atoms with E-state index in [1.165, 1.54) is 0 Å². The Hall–Kier alpha value is -2.34. The van der Waals surface area contributed by atoms with Crippen molar-refractivity contribution in [1.82, 2.24) is 10.5 Å². The molecule has 2 rings (SSSR count). The van der Waals surface area contributed by atoms with Gasteiger partial charge in [-0.25, -0.2) is 0 Å². The zero-order chi connectivity index (χ0) is 17.7. The Kier molecular flexibility index (Phi) is 5.98. The second-order valence-electron chi connectivity index (χ2n) is 5.57. The SMILES string of the molecule is Cc1noc(C)c1CCC(=O)N[C@@H](CC(=O)O)c1ccc(Cl)cc1. The van der Waals surface area contributed by atoms with Crippen LogP contribution in [0.3, 0.4) is 0 Å². The van der Waals surface area contributed by atoms with E-state index in [-0.39, 0.29) is 18.7 Å². The third kappa shape index (κ3) is 4.83. The van der Waals surface area contributed by atoms with Crippen molar-refractivity contribution in [2.45, 2.75) is 39.2 Å². The first-order valence-corrected chi connectivity index (χ1v) is 7.93. The Balaban J connectivity index is 2.01. The summed E-state index contributed by atoms with van der Waals surface area (Å²) in [7, 11) is 0. The van der Waals surface area contributed by atoms with E-state index in [0.29, 0.717) is 22.8 Å². The van der Waals surface area contributed by atoms with Crippen molar-refractivity contribution in [2.75, 3.05) is 0 Å². The van der Waals surface area contributed by atoms with Gasteiger partial charge in [0, 0.05) is 17.0 Å². The molecule has 0 saturated carbocycles. The number of halogens is 1. The highest BCUT2D eigenvalue weighted by Gasteiger charge is 2.19. The summed E-state index contributed by atoms with van der Waals surface area (Å²) < 4.78 is 5.07. The summed E-state index contributed by atoms with van der Waals surface area (Å²) in [5.74, 6) is -0.516. The standard InChI is InChI=1S/C17H19ClN2O4/c1-10-14(11(2)24-20-10)7-8-16(21)19-15(9-17(22)23)12-3-5-13(18)6-4-12/h3-6,15H,7-9H2,1-2H3,(H,19,21)(H,22,23)/t15-/m0/s1. The molecule has 128 valence electrons. The van der Waals surface area contributed by atoms with Crippen molar-refractivity contribution in [1.29, 1.82) is 0 Å². The highest BCUT2D eigenvalue weighted by molar-refractivity contribution is 6.30. The van der Waals surface area contributed by atoms with Crippen molar-refractivity contribution in [3.8, 4) is 0 Å². The van der Waals surface area contributed by atoms with Crippen LogP contribution in [0.5, 0.6) is 0 Å². The zero-order valence-electron chi connectivity index (χ0n) is 13.5. The molecule has 1 atom stereocenters. The monoisotopic (exact) mass is 350 g/mol. The number of aryl methyl sites for hydroxylation is 2. The zero-order valence-corrected chi connectivity index (χ0v) is 14.3. The molecule has 0 saturated heterocycles. The van der Waals surface area contributed by atoms with Gasteiger partial charge in [-0.2, -0.15) is 0 Å². The van der Waals surface area contributed by atoms with Gasteiger partial charge in [-0.15, -0.1) is 0 Å². The van der Waals surface area contributed by atoms with Gasteiger partial charge in [-0.3, -0.25) is 9.59 Å². The van der Waals surface area contributed by atoms with Crippen LogP contribution in [0.2, 0.25) is 5.02 Å². The van der Waals surface area contributed by atoms with Gasteiger partial charge < -0.3 is 14.9 Å². The maximum absolute atomic E-state index is 12.2. The van der Waals surface area contributed by atoms with E-state index in [4.69, 9.17) is 21.2 Å². The fraction of sp³-hybridized carbons (Fsp3) is 0.353. The van der Waals surface area contributed by atoms with Crippen LogP contribution in [0.4, 0.5) is 0 Å². The topological polar surface area (TPSA) is 92.4 Å². The molecule has 0 aliphatic heterocycles. The Morgan fingerprint density at radius 2 is 1.96 bits per heavy atom. The van der Waals surface area contributed by atoms with Crippen LogP contribution < -0.4 is 5.32 Å². The van der Waals surface area contributed by atoms with Crippen LogP contribution >= 0.6 is 11.6 Å². The van der Waals surface area contributed by atoms with Gasteiger partial charge in [-0.05, 0) is 38.0 Å². The summed E-state index contributed by atoms with van der Waals surface area (Å²) in [6, 6.07) is 6.16. The van der Waals surface area contributed by atoms with Crippen LogP contribution in [-0.4, -0.2) is 22.1 Å². The lowest BCUT2D eigenvalue weighted by atomic mass is 10.0. The number of nitrogens with one attached hydrogen (secondary N) is 1. The average Bonchev–Trinajstić information content (AvgIpc) is 2.83. The molecule has 0 bridgehead atoms. The molecule has 1 aromatic carbocycles. The highest BCUT2D eigenvalue weighted by atomic mass is 35.5. The van der Waals surface area contributed by atoms with Crippen molar-refractivity contribution >= 4 is 23.5 Å². The molecule has 7 heteroatoms. The number of carboxylic acids is 1. The number of hydrogen-bond acceptors (Lipinski definition) is 4. The summed E-state index contributed by atoms with van der Waals surface area (Å²) in [6.45, 7) is 3.62. The smallest absolute Gasteiger partial charge is 0.305 e. The Morgan fingerprint density at radius 3 is 2.50 bits per heavy atom. The predicted molar refractivity (Wildman–Crippen MR) is 88.9 cm³/mol. The Bertz CT molecular complexity index is 705. The number of amides is 1. The van der Waals surface area contributed by atoms with E-state index in [1.54, 1.807) is 31.2 Å². The number of hydrogen-bond donors (Lipinski definition) is 2. The largest absolute Gasteiger partial charge is 0.481 e. The van der Waals surface area contributed by atoms with Gasteiger partial charge >= 0.3 is 5.97 Å². The summed E-state index contributed by atoms with van der Waals surface area (Å²) in [4.78, 5) is 23.3. The first-order chi connectivity index (χ1) is 11.4. The van der Waals surface area contributed by atoms with E-state index in [0.717, 1.165) is 11.3 Å². The number of carbonyl (C=O) groups is 2. The molecule has 2 aromatic rings. The molecule has 0 fully saturated rings. The van der Waals surface area contributed by atoms with E-state index >= 15 is 0 Å². The average molecular weight is 351 g/mol.